The molecule has 3 aromatic rings. The molecule has 3 N–H and O–H groups in total. The fourth-order valence-corrected chi connectivity index (χ4v) is 4.25. The SMILES string of the molecule is CC(O)CO[C@H]1CC[C@H](NC(=O)Cn2cnc3c(Nc4ccc(C(F)(F)F)cn4)cccc3c2=O)CC1. The van der Waals surface area contributed by atoms with Crippen molar-refractivity contribution < 1.29 is 27.8 Å². The molecular formula is C25H28F3N5O4. The number of aromatic nitrogens is 3. The van der Waals surface area contributed by atoms with Crippen molar-refractivity contribution in [1.82, 2.24) is 19.9 Å². The molecule has 12 heteroatoms. The van der Waals surface area contributed by atoms with Crippen LogP contribution in [0, 0.1) is 0 Å². The lowest BCUT2D eigenvalue weighted by Gasteiger charge is -2.29. The van der Waals surface area contributed by atoms with Gasteiger partial charge in [0.05, 0.1) is 41.8 Å². The van der Waals surface area contributed by atoms with Crippen LogP contribution in [-0.2, 0) is 22.3 Å². The monoisotopic (exact) mass is 519 g/mol. The maximum atomic E-state index is 13.0. The number of hydrogen-bond donors (Lipinski definition) is 3. The topological polar surface area (TPSA) is 118 Å². The van der Waals surface area contributed by atoms with Gasteiger partial charge in [-0.25, -0.2) is 9.97 Å². The number of alkyl halides is 3. The number of aliphatic hydroxyl groups excluding tert-OH is 1. The highest BCUT2D eigenvalue weighted by Crippen LogP contribution is 2.30. The van der Waals surface area contributed by atoms with Crippen molar-refractivity contribution in [3.63, 3.8) is 0 Å². The highest BCUT2D eigenvalue weighted by atomic mass is 19.4. The van der Waals surface area contributed by atoms with Crippen LogP contribution in [-0.4, -0.2) is 50.4 Å². The van der Waals surface area contributed by atoms with E-state index in [1.54, 1.807) is 25.1 Å². The van der Waals surface area contributed by atoms with E-state index >= 15 is 0 Å². The molecule has 0 spiro atoms. The van der Waals surface area contributed by atoms with Crippen LogP contribution in [0.4, 0.5) is 24.7 Å². The van der Waals surface area contributed by atoms with Crippen molar-refractivity contribution >= 4 is 28.3 Å². The summed E-state index contributed by atoms with van der Waals surface area (Å²) >= 11 is 0. The molecule has 2 heterocycles. The number of nitrogens with zero attached hydrogens (tertiary/aromatic N) is 3. The van der Waals surface area contributed by atoms with Crippen molar-refractivity contribution in [3.8, 4) is 0 Å². The van der Waals surface area contributed by atoms with Gasteiger partial charge in [0, 0.05) is 12.2 Å². The number of pyridine rings is 1. The molecule has 2 aromatic heterocycles. The number of rotatable bonds is 8. The van der Waals surface area contributed by atoms with Crippen LogP contribution in [0.5, 0.6) is 0 Å². The Labute approximate surface area is 210 Å². The van der Waals surface area contributed by atoms with Crippen LogP contribution in [0.25, 0.3) is 10.9 Å². The number of para-hydroxylation sites is 1. The van der Waals surface area contributed by atoms with Crippen molar-refractivity contribution in [3.05, 3.63) is 58.8 Å². The zero-order valence-corrected chi connectivity index (χ0v) is 20.2. The molecular weight excluding hydrogens is 491 g/mol. The van der Waals surface area contributed by atoms with Crippen molar-refractivity contribution in [2.24, 2.45) is 0 Å². The highest BCUT2D eigenvalue weighted by Gasteiger charge is 2.30. The largest absolute Gasteiger partial charge is 0.417 e. The van der Waals surface area contributed by atoms with E-state index in [4.69, 9.17) is 4.74 Å². The lowest BCUT2D eigenvalue weighted by atomic mass is 9.93. The Hall–Kier alpha value is -3.51. The Kier molecular flexibility index (Phi) is 8.08. The Morgan fingerprint density at radius 3 is 2.59 bits per heavy atom. The van der Waals surface area contributed by atoms with E-state index in [-0.39, 0.29) is 42.4 Å². The predicted octanol–water partition coefficient (Wildman–Crippen LogP) is 3.38. The lowest BCUT2D eigenvalue weighted by Crippen LogP contribution is -2.42. The first-order valence-electron chi connectivity index (χ1n) is 12.0. The number of nitrogens with one attached hydrogen (secondary N) is 2. The summed E-state index contributed by atoms with van der Waals surface area (Å²) in [7, 11) is 0. The number of ether oxygens (including phenoxy) is 1. The summed E-state index contributed by atoms with van der Waals surface area (Å²) in [6.07, 6.45) is 0.101. The molecule has 0 aliphatic heterocycles. The Balaban J connectivity index is 1.40. The smallest absolute Gasteiger partial charge is 0.391 e. The first-order valence-corrected chi connectivity index (χ1v) is 12.0. The zero-order valence-electron chi connectivity index (χ0n) is 20.2. The van der Waals surface area contributed by atoms with Crippen LogP contribution in [0.3, 0.4) is 0 Å². The van der Waals surface area contributed by atoms with Crippen molar-refractivity contribution in [2.75, 3.05) is 11.9 Å². The number of aliphatic hydroxyl groups is 1. The molecule has 1 aromatic carbocycles. The highest BCUT2D eigenvalue weighted by molar-refractivity contribution is 5.91. The van der Waals surface area contributed by atoms with Gasteiger partial charge in [-0.1, -0.05) is 6.07 Å². The standard InChI is InChI=1S/C25H28F3N5O4/c1-15(34)13-37-18-8-6-17(7-9-18)31-22(35)12-33-14-30-23-19(24(33)36)3-2-4-20(23)32-21-10-5-16(11-29-21)25(26,27)28/h2-5,10-11,14-15,17-18,34H,6-9,12-13H2,1H3,(H,29,32)(H,31,35)/t15?,17-,18-. The summed E-state index contributed by atoms with van der Waals surface area (Å²) < 4.78 is 45.2. The first kappa shape index (κ1) is 26.6. The Morgan fingerprint density at radius 2 is 1.95 bits per heavy atom. The summed E-state index contributed by atoms with van der Waals surface area (Å²) in [6.45, 7) is 1.76. The van der Waals surface area contributed by atoms with Crippen LogP contribution >= 0.6 is 0 Å². The molecule has 1 aliphatic rings. The molecule has 0 saturated heterocycles. The van der Waals surface area contributed by atoms with Gasteiger partial charge in [-0.15, -0.1) is 0 Å². The van der Waals surface area contributed by atoms with Gasteiger partial charge >= 0.3 is 6.18 Å². The summed E-state index contributed by atoms with van der Waals surface area (Å²) in [5.41, 5.74) is -0.582. The number of benzene rings is 1. The van der Waals surface area contributed by atoms with Crippen molar-refractivity contribution in [2.45, 2.75) is 63.6 Å². The van der Waals surface area contributed by atoms with Gasteiger partial charge in [0.25, 0.3) is 5.56 Å². The minimum atomic E-state index is -4.49. The molecule has 1 unspecified atom stereocenters. The third-order valence-electron chi connectivity index (χ3n) is 6.13. The molecule has 1 fully saturated rings. The number of halogens is 3. The van der Waals surface area contributed by atoms with E-state index in [0.717, 1.165) is 37.9 Å². The third kappa shape index (κ3) is 6.83. The minimum absolute atomic E-state index is 0.0185. The van der Waals surface area contributed by atoms with Gasteiger partial charge in [0.1, 0.15) is 17.9 Å². The summed E-state index contributed by atoms with van der Waals surface area (Å²) in [5, 5.41) is 15.4. The van der Waals surface area contributed by atoms with E-state index < -0.39 is 23.4 Å². The molecule has 198 valence electrons. The quantitative estimate of drug-likeness (QED) is 0.418. The maximum Gasteiger partial charge on any atom is 0.417 e. The number of anilines is 2. The van der Waals surface area contributed by atoms with Gasteiger partial charge < -0.3 is 20.5 Å². The molecule has 1 atom stereocenters. The minimum Gasteiger partial charge on any atom is -0.391 e. The average molecular weight is 520 g/mol. The second kappa shape index (κ2) is 11.3. The van der Waals surface area contributed by atoms with Gasteiger partial charge in [-0.05, 0) is 56.9 Å². The number of carbonyl (C=O) groups excluding carboxylic acids is 1. The normalized spacial score (nSPS) is 18.9. The molecule has 9 nitrogen and oxygen atoms in total. The van der Waals surface area contributed by atoms with E-state index in [9.17, 15) is 27.9 Å². The number of fused-ring (bicyclic) bond motifs is 1. The Bertz CT molecular complexity index is 1290. The molecule has 1 aliphatic carbocycles. The first-order chi connectivity index (χ1) is 17.6. The molecule has 0 bridgehead atoms. The second-order valence-electron chi connectivity index (χ2n) is 9.16. The zero-order chi connectivity index (χ0) is 26.6. The number of carbonyl (C=O) groups is 1. The fraction of sp³-hybridized carbons (Fsp3) is 0.440. The van der Waals surface area contributed by atoms with E-state index in [1.165, 1.54) is 17.0 Å². The van der Waals surface area contributed by atoms with Gasteiger partial charge in [-0.2, -0.15) is 13.2 Å². The fourth-order valence-electron chi connectivity index (χ4n) is 4.25. The molecule has 1 amide bonds. The second-order valence-corrected chi connectivity index (χ2v) is 9.16. The summed E-state index contributed by atoms with van der Waals surface area (Å²) in [5.74, 6) is -0.142. The van der Waals surface area contributed by atoms with Crippen LogP contribution < -0.4 is 16.2 Å². The Morgan fingerprint density at radius 1 is 1.19 bits per heavy atom. The summed E-state index contributed by atoms with van der Waals surface area (Å²) in [4.78, 5) is 33.7. The van der Waals surface area contributed by atoms with Gasteiger partial charge in [0.2, 0.25) is 5.91 Å². The van der Waals surface area contributed by atoms with Crippen LogP contribution in [0.15, 0.2) is 47.7 Å². The van der Waals surface area contributed by atoms with E-state index in [2.05, 4.69) is 20.6 Å². The van der Waals surface area contributed by atoms with Crippen LogP contribution in [0.2, 0.25) is 0 Å². The molecule has 1 saturated carbocycles. The number of amides is 1. The lowest BCUT2D eigenvalue weighted by molar-refractivity contribution is -0.137. The maximum absolute atomic E-state index is 13.0. The predicted molar refractivity (Wildman–Crippen MR) is 130 cm³/mol. The third-order valence-corrected chi connectivity index (χ3v) is 6.13. The summed E-state index contributed by atoms with van der Waals surface area (Å²) in [6, 6.07) is 6.90. The van der Waals surface area contributed by atoms with Gasteiger partial charge in [-0.3, -0.25) is 14.2 Å². The van der Waals surface area contributed by atoms with E-state index in [0.29, 0.717) is 11.2 Å². The van der Waals surface area contributed by atoms with Crippen molar-refractivity contribution in [1.29, 1.82) is 0 Å². The molecule has 0 radical (unpaired) electrons. The molecule has 4 rings (SSSR count). The average Bonchev–Trinajstić information content (AvgIpc) is 2.85. The molecule has 37 heavy (non-hydrogen) atoms. The van der Waals surface area contributed by atoms with Gasteiger partial charge in [0.15, 0.2) is 0 Å². The van der Waals surface area contributed by atoms with E-state index in [1.807, 2.05) is 0 Å². The number of hydrogen-bond acceptors (Lipinski definition) is 7. The van der Waals surface area contributed by atoms with Crippen LogP contribution in [0.1, 0.15) is 38.2 Å².